The fraction of sp³-hybridized carbons (Fsp3) is 0.385. The van der Waals surface area contributed by atoms with Crippen molar-refractivity contribution in [3.8, 4) is 0 Å². The summed E-state index contributed by atoms with van der Waals surface area (Å²) >= 11 is 1.60. The molecule has 96 valence electrons. The van der Waals surface area contributed by atoms with Crippen LogP contribution in [0, 0.1) is 6.92 Å². The Hall–Kier alpha value is -1.33. The second-order valence-electron chi connectivity index (χ2n) is 4.08. The van der Waals surface area contributed by atoms with Gasteiger partial charge in [0.1, 0.15) is 0 Å². The molecule has 0 aliphatic heterocycles. The van der Waals surface area contributed by atoms with E-state index >= 15 is 0 Å². The Kier molecular flexibility index (Phi) is 4.38. The van der Waals surface area contributed by atoms with Gasteiger partial charge in [-0.15, -0.1) is 11.8 Å². The zero-order valence-electron chi connectivity index (χ0n) is 10.4. The molecule has 0 saturated carbocycles. The summed E-state index contributed by atoms with van der Waals surface area (Å²) in [4.78, 5) is 4.18. The van der Waals surface area contributed by atoms with Crippen molar-refractivity contribution in [1.29, 1.82) is 0 Å². The van der Waals surface area contributed by atoms with Crippen molar-refractivity contribution in [1.82, 2.24) is 10.1 Å². The van der Waals surface area contributed by atoms with Gasteiger partial charge in [-0.3, -0.25) is 0 Å². The molecule has 2 atom stereocenters. The number of hydrogen-bond acceptors (Lipinski definition) is 5. The maximum atomic E-state index is 10.0. The summed E-state index contributed by atoms with van der Waals surface area (Å²) in [7, 11) is 0. The molecule has 0 aliphatic rings. The minimum absolute atomic E-state index is 0.0876. The SMILES string of the molecule is Cc1noc(C(C)SCC(O)c2ccccc2)n1. The van der Waals surface area contributed by atoms with Crippen LogP contribution in [0.2, 0.25) is 0 Å². The molecule has 0 spiro atoms. The maximum absolute atomic E-state index is 10.0. The minimum Gasteiger partial charge on any atom is -0.388 e. The van der Waals surface area contributed by atoms with E-state index in [1.54, 1.807) is 18.7 Å². The Morgan fingerprint density at radius 1 is 1.33 bits per heavy atom. The van der Waals surface area contributed by atoms with Crippen LogP contribution < -0.4 is 0 Å². The molecule has 4 nitrogen and oxygen atoms in total. The first-order chi connectivity index (χ1) is 8.66. The first-order valence-corrected chi connectivity index (χ1v) is 6.86. The molecular formula is C13H16N2O2S. The maximum Gasteiger partial charge on any atom is 0.239 e. The predicted octanol–water partition coefficient (Wildman–Crippen LogP) is 2.91. The molecule has 1 aromatic carbocycles. The zero-order chi connectivity index (χ0) is 13.0. The van der Waals surface area contributed by atoms with Gasteiger partial charge in [-0.05, 0) is 19.4 Å². The second kappa shape index (κ2) is 6.02. The number of thioether (sulfide) groups is 1. The minimum atomic E-state index is -0.470. The zero-order valence-corrected chi connectivity index (χ0v) is 11.2. The van der Waals surface area contributed by atoms with E-state index in [1.807, 2.05) is 37.3 Å². The van der Waals surface area contributed by atoms with Crippen LogP contribution in [-0.2, 0) is 0 Å². The highest BCUT2D eigenvalue weighted by atomic mass is 32.2. The Bertz CT molecular complexity index is 487. The van der Waals surface area contributed by atoms with Gasteiger partial charge in [0.25, 0.3) is 0 Å². The Morgan fingerprint density at radius 2 is 2.06 bits per heavy atom. The fourth-order valence-electron chi connectivity index (χ4n) is 1.56. The van der Waals surface area contributed by atoms with Crippen LogP contribution >= 0.6 is 11.8 Å². The lowest BCUT2D eigenvalue weighted by molar-refractivity contribution is 0.204. The third kappa shape index (κ3) is 3.34. The van der Waals surface area contributed by atoms with E-state index < -0.39 is 6.10 Å². The third-order valence-corrected chi connectivity index (χ3v) is 3.79. The van der Waals surface area contributed by atoms with E-state index in [1.165, 1.54) is 0 Å². The third-order valence-electron chi connectivity index (χ3n) is 2.58. The molecule has 0 bridgehead atoms. The van der Waals surface area contributed by atoms with Gasteiger partial charge in [0, 0.05) is 5.75 Å². The predicted molar refractivity (Wildman–Crippen MR) is 71.3 cm³/mol. The van der Waals surface area contributed by atoms with E-state index in [0.29, 0.717) is 17.5 Å². The number of rotatable bonds is 5. The van der Waals surface area contributed by atoms with Crippen molar-refractivity contribution in [2.24, 2.45) is 0 Å². The Morgan fingerprint density at radius 3 is 2.67 bits per heavy atom. The Balaban J connectivity index is 1.88. The van der Waals surface area contributed by atoms with E-state index in [4.69, 9.17) is 4.52 Å². The van der Waals surface area contributed by atoms with Gasteiger partial charge in [-0.1, -0.05) is 35.5 Å². The summed E-state index contributed by atoms with van der Waals surface area (Å²) in [6.07, 6.45) is -0.470. The quantitative estimate of drug-likeness (QED) is 0.899. The second-order valence-corrected chi connectivity index (χ2v) is 5.46. The summed E-state index contributed by atoms with van der Waals surface area (Å²) in [6.45, 7) is 3.79. The van der Waals surface area contributed by atoms with Crippen LogP contribution in [0.15, 0.2) is 34.9 Å². The lowest BCUT2D eigenvalue weighted by Crippen LogP contribution is -2.02. The average Bonchev–Trinajstić information content (AvgIpc) is 2.83. The van der Waals surface area contributed by atoms with E-state index in [0.717, 1.165) is 5.56 Å². The molecule has 0 fully saturated rings. The molecule has 2 unspecified atom stereocenters. The number of aryl methyl sites for hydroxylation is 1. The first-order valence-electron chi connectivity index (χ1n) is 5.81. The molecule has 2 rings (SSSR count). The molecule has 1 aromatic heterocycles. The number of aliphatic hydroxyl groups is 1. The van der Waals surface area contributed by atoms with Gasteiger partial charge in [0.2, 0.25) is 5.89 Å². The first kappa shape index (κ1) is 13.1. The van der Waals surface area contributed by atoms with Crippen molar-refractivity contribution in [3.05, 3.63) is 47.6 Å². The van der Waals surface area contributed by atoms with Crippen LogP contribution in [-0.4, -0.2) is 21.0 Å². The van der Waals surface area contributed by atoms with E-state index in [2.05, 4.69) is 10.1 Å². The summed E-state index contributed by atoms with van der Waals surface area (Å²) in [5.74, 6) is 1.85. The monoisotopic (exact) mass is 264 g/mol. The van der Waals surface area contributed by atoms with Crippen LogP contribution in [0.5, 0.6) is 0 Å². The van der Waals surface area contributed by atoms with Gasteiger partial charge in [-0.2, -0.15) is 4.98 Å². The molecule has 0 aliphatic carbocycles. The van der Waals surface area contributed by atoms with Crippen LogP contribution in [0.25, 0.3) is 0 Å². The van der Waals surface area contributed by atoms with E-state index in [9.17, 15) is 5.11 Å². The molecule has 18 heavy (non-hydrogen) atoms. The summed E-state index contributed by atoms with van der Waals surface area (Å²) in [5.41, 5.74) is 0.930. The van der Waals surface area contributed by atoms with Crippen molar-refractivity contribution >= 4 is 11.8 Å². The van der Waals surface area contributed by atoms with Crippen LogP contribution in [0.1, 0.15) is 35.6 Å². The number of aromatic nitrogens is 2. The largest absolute Gasteiger partial charge is 0.388 e. The van der Waals surface area contributed by atoms with Crippen molar-refractivity contribution in [2.75, 3.05) is 5.75 Å². The molecule has 0 amide bonds. The standard InChI is InChI=1S/C13H16N2O2S/c1-9(13-14-10(2)15-17-13)18-8-12(16)11-6-4-3-5-7-11/h3-7,9,12,16H,8H2,1-2H3. The number of aliphatic hydroxyl groups excluding tert-OH is 1. The van der Waals surface area contributed by atoms with Crippen molar-refractivity contribution in [2.45, 2.75) is 25.2 Å². The fourth-order valence-corrected chi connectivity index (χ4v) is 2.46. The lowest BCUT2D eigenvalue weighted by atomic mass is 10.1. The van der Waals surface area contributed by atoms with Gasteiger partial charge in [0.15, 0.2) is 5.82 Å². The van der Waals surface area contributed by atoms with Gasteiger partial charge in [0.05, 0.1) is 11.4 Å². The van der Waals surface area contributed by atoms with Gasteiger partial charge < -0.3 is 9.63 Å². The molecule has 0 saturated heterocycles. The highest BCUT2D eigenvalue weighted by molar-refractivity contribution is 7.99. The van der Waals surface area contributed by atoms with Crippen LogP contribution in [0.4, 0.5) is 0 Å². The molecule has 2 aromatic rings. The highest BCUT2D eigenvalue weighted by Crippen LogP contribution is 2.30. The lowest BCUT2D eigenvalue weighted by Gasteiger charge is -2.12. The Labute approximate surface area is 110 Å². The molecular weight excluding hydrogens is 248 g/mol. The van der Waals surface area contributed by atoms with E-state index in [-0.39, 0.29) is 5.25 Å². The molecule has 1 N–H and O–H groups in total. The summed E-state index contributed by atoms with van der Waals surface area (Å²) in [5, 5.41) is 13.9. The van der Waals surface area contributed by atoms with Gasteiger partial charge in [-0.25, -0.2) is 0 Å². The smallest absolute Gasteiger partial charge is 0.239 e. The summed E-state index contributed by atoms with van der Waals surface area (Å²) < 4.78 is 5.10. The molecule has 5 heteroatoms. The topological polar surface area (TPSA) is 59.2 Å². The van der Waals surface area contributed by atoms with Gasteiger partial charge >= 0.3 is 0 Å². The highest BCUT2D eigenvalue weighted by Gasteiger charge is 2.16. The average molecular weight is 264 g/mol. The summed E-state index contributed by atoms with van der Waals surface area (Å²) in [6, 6.07) is 9.63. The molecule has 0 radical (unpaired) electrons. The molecule has 1 heterocycles. The van der Waals surface area contributed by atoms with Crippen molar-refractivity contribution in [3.63, 3.8) is 0 Å². The number of hydrogen-bond donors (Lipinski definition) is 1. The number of nitrogens with zero attached hydrogens (tertiary/aromatic N) is 2. The normalized spacial score (nSPS) is 14.4. The van der Waals surface area contributed by atoms with Crippen molar-refractivity contribution < 1.29 is 9.63 Å². The number of benzene rings is 1. The van der Waals surface area contributed by atoms with Crippen LogP contribution in [0.3, 0.4) is 0 Å².